The van der Waals surface area contributed by atoms with E-state index in [4.69, 9.17) is 4.74 Å². The van der Waals surface area contributed by atoms with Gasteiger partial charge in [-0.25, -0.2) is 13.2 Å². The normalized spacial score (nSPS) is 14.3. The summed E-state index contributed by atoms with van der Waals surface area (Å²) in [6.07, 6.45) is 0.640. The highest BCUT2D eigenvalue weighted by atomic mass is 32.2. The van der Waals surface area contributed by atoms with Gasteiger partial charge in [-0.15, -0.1) is 0 Å². The maximum Gasteiger partial charge on any atom is 0.338 e. The lowest BCUT2D eigenvalue weighted by molar-refractivity contribution is -0.125. The van der Waals surface area contributed by atoms with Crippen LogP contribution in [0.25, 0.3) is 0 Å². The maximum absolute atomic E-state index is 13.1. The van der Waals surface area contributed by atoms with Crippen molar-refractivity contribution in [3.63, 3.8) is 0 Å². The van der Waals surface area contributed by atoms with Crippen LogP contribution in [-0.2, 0) is 26.0 Å². The zero-order valence-corrected chi connectivity index (χ0v) is 18.1. The number of fused-ring (bicyclic) bond motifs is 1. The van der Waals surface area contributed by atoms with E-state index in [-0.39, 0.29) is 22.4 Å². The second-order valence-corrected chi connectivity index (χ2v) is 9.52. The Labute approximate surface area is 177 Å². The number of nitrogens with zero attached hydrogens (tertiary/aromatic N) is 1. The molecule has 0 aromatic heterocycles. The van der Waals surface area contributed by atoms with Crippen LogP contribution in [0.15, 0.2) is 53.4 Å². The third kappa shape index (κ3) is 4.64. The summed E-state index contributed by atoms with van der Waals surface area (Å²) in [5, 5.41) is 2.75. The van der Waals surface area contributed by atoms with Gasteiger partial charge in [0.05, 0.1) is 16.1 Å². The van der Waals surface area contributed by atoms with Gasteiger partial charge >= 0.3 is 5.97 Å². The van der Waals surface area contributed by atoms with Gasteiger partial charge in [0.25, 0.3) is 15.9 Å². The average molecular weight is 431 g/mol. The number of hydrogen-bond acceptors (Lipinski definition) is 5. The number of esters is 1. The van der Waals surface area contributed by atoms with E-state index in [1.807, 2.05) is 32.9 Å². The molecule has 0 fully saturated rings. The first-order valence-corrected chi connectivity index (χ1v) is 11.3. The molecule has 1 atom stereocenters. The monoisotopic (exact) mass is 430 g/mol. The summed E-state index contributed by atoms with van der Waals surface area (Å²) < 4.78 is 32.7. The molecule has 0 spiro atoms. The van der Waals surface area contributed by atoms with Gasteiger partial charge in [-0.05, 0) is 49.1 Å². The molecule has 1 aliphatic heterocycles. The first-order valence-electron chi connectivity index (χ1n) is 9.87. The lowest BCUT2D eigenvalue weighted by atomic mass is 10.1. The third-order valence-electron chi connectivity index (χ3n) is 5.23. The van der Waals surface area contributed by atoms with Gasteiger partial charge in [0, 0.05) is 12.6 Å². The molecular weight excluding hydrogens is 404 g/mol. The second kappa shape index (κ2) is 8.87. The molecule has 1 heterocycles. The number of anilines is 1. The molecule has 1 unspecified atom stereocenters. The zero-order chi connectivity index (χ0) is 21.9. The Morgan fingerprint density at radius 2 is 1.83 bits per heavy atom. The standard InChI is InChI=1S/C22H26N2O5S/c1-15(2)16(3)23-21(25)14-29-22(26)18-8-6-9-19(13-18)30(27,28)24-12-11-17-7-4-5-10-20(17)24/h4-10,13,15-16H,11-12,14H2,1-3H3,(H,23,25). The van der Waals surface area contributed by atoms with Crippen LogP contribution < -0.4 is 9.62 Å². The van der Waals surface area contributed by atoms with Crippen LogP contribution >= 0.6 is 0 Å². The lowest BCUT2D eigenvalue weighted by Gasteiger charge is -2.20. The molecule has 2 aromatic rings. The first-order chi connectivity index (χ1) is 14.2. The van der Waals surface area contributed by atoms with Gasteiger partial charge in [-0.1, -0.05) is 38.1 Å². The average Bonchev–Trinajstić information content (AvgIpc) is 3.17. The fourth-order valence-electron chi connectivity index (χ4n) is 3.15. The fourth-order valence-corrected chi connectivity index (χ4v) is 4.69. The van der Waals surface area contributed by atoms with Crippen molar-refractivity contribution in [2.45, 2.75) is 38.1 Å². The molecule has 0 aliphatic carbocycles. The van der Waals surface area contributed by atoms with Gasteiger partial charge in [-0.3, -0.25) is 9.10 Å². The molecule has 0 saturated heterocycles. The van der Waals surface area contributed by atoms with Gasteiger partial charge in [0.2, 0.25) is 0 Å². The van der Waals surface area contributed by atoms with Crippen molar-refractivity contribution in [1.29, 1.82) is 0 Å². The lowest BCUT2D eigenvalue weighted by Crippen LogP contribution is -2.38. The number of hydrogen-bond donors (Lipinski definition) is 1. The molecule has 3 rings (SSSR count). The molecule has 1 aliphatic rings. The molecule has 7 nitrogen and oxygen atoms in total. The number of rotatable bonds is 7. The minimum atomic E-state index is -3.82. The smallest absolute Gasteiger partial charge is 0.338 e. The van der Waals surface area contributed by atoms with Gasteiger partial charge in [0.15, 0.2) is 6.61 Å². The van der Waals surface area contributed by atoms with E-state index in [2.05, 4.69) is 5.32 Å². The highest BCUT2D eigenvalue weighted by Gasteiger charge is 2.31. The summed E-state index contributed by atoms with van der Waals surface area (Å²) >= 11 is 0. The minimum absolute atomic E-state index is 0.00605. The van der Waals surface area contributed by atoms with E-state index >= 15 is 0 Å². The van der Waals surface area contributed by atoms with Crippen molar-refractivity contribution in [2.75, 3.05) is 17.5 Å². The highest BCUT2D eigenvalue weighted by molar-refractivity contribution is 7.92. The van der Waals surface area contributed by atoms with Crippen LogP contribution in [-0.4, -0.2) is 39.5 Å². The molecular formula is C22H26N2O5S. The number of para-hydroxylation sites is 1. The zero-order valence-electron chi connectivity index (χ0n) is 17.3. The van der Waals surface area contributed by atoms with Crippen molar-refractivity contribution in [1.82, 2.24) is 5.32 Å². The molecule has 1 amide bonds. The number of nitrogens with one attached hydrogen (secondary N) is 1. The van der Waals surface area contributed by atoms with E-state index in [1.54, 1.807) is 12.1 Å². The fraction of sp³-hybridized carbons (Fsp3) is 0.364. The van der Waals surface area contributed by atoms with Crippen LogP contribution in [0.3, 0.4) is 0 Å². The van der Waals surface area contributed by atoms with Gasteiger partial charge < -0.3 is 10.1 Å². The van der Waals surface area contributed by atoms with Crippen molar-refractivity contribution in [3.8, 4) is 0 Å². The molecule has 0 bridgehead atoms. The highest BCUT2D eigenvalue weighted by Crippen LogP contribution is 2.32. The van der Waals surface area contributed by atoms with Crippen molar-refractivity contribution < 1.29 is 22.7 Å². The Bertz CT molecular complexity index is 1050. The van der Waals surface area contributed by atoms with Crippen LogP contribution in [0, 0.1) is 5.92 Å². The number of ether oxygens (including phenoxy) is 1. The van der Waals surface area contributed by atoms with Crippen LogP contribution in [0.5, 0.6) is 0 Å². The summed E-state index contributed by atoms with van der Waals surface area (Å²) in [6, 6.07) is 13.0. The molecule has 0 radical (unpaired) electrons. The Morgan fingerprint density at radius 3 is 2.57 bits per heavy atom. The molecule has 160 valence electrons. The molecule has 2 aromatic carbocycles. The van der Waals surface area contributed by atoms with Crippen molar-refractivity contribution in [3.05, 3.63) is 59.7 Å². The van der Waals surface area contributed by atoms with E-state index in [0.29, 0.717) is 18.7 Å². The summed E-state index contributed by atoms with van der Waals surface area (Å²) in [6.45, 7) is 5.75. The van der Waals surface area contributed by atoms with E-state index < -0.39 is 28.5 Å². The van der Waals surface area contributed by atoms with Crippen LogP contribution in [0.4, 0.5) is 5.69 Å². The summed E-state index contributed by atoms with van der Waals surface area (Å²) in [4.78, 5) is 24.3. The van der Waals surface area contributed by atoms with Crippen LogP contribution in [0.1, 0.15) is 36.7 Å². The van der Waals surface area contributed by atoms with Crippen molar-refractivity contribution in [2.24, 2.45) is 5.92 Å². The first kappa shape index (κ1) is 21.8. The molecule has 30 heavy (non-hydrogen) atoms. The second-order valence-electron chi connectivity index (χ2n) is 7.66. The van der Waals surface area contributed by atoms with E-state index in [0.717, 1.165) is 5.56 Å². The Morgan fingerprint density at radius 1 is 1.10 bits per heavy atom. The maximum atomic E-state index is 13.1. The quantitative estimate of drug-likeness (QED) is 0.682. The third-order valence-corrected chi connectivity index (χ3v) is 7.03. The predicted molar refractivity (Wildman–Crippen MR) is 114 cm³/mol. The Hall–Kier alpha value is -2.87. The number of amides is 1. The SMILES string of the molecule is CC(C)C(C)NC(=O)COC(=O)c1cccc(S(=O)(=O)N2CCc3ccccc32)c1. The van der Waals surface area contributed by atoms with Crippen molar-refractivity contribution >= 4 is 27.6 Å². The molecule has 0 saturated carbocycles. The predicted octanol–water partition coefficient (Wildman–Crippen LogP) is 2.76. The minimum Gasteiger partial charge on any atom is -0.452 e. The number of carbonyl (C=O) groups is 2. The number of benzene rings is 2. The van der Waals surface area contributed by atoms with Crippen LogP contribution in [0.2, 0.25) is 0 Å². The van der Waals surface area contributed by atoms with E-state index in [1.165, 1.54) is 28.6 Å². The summed E-state index contributed by atoms with van der Waals surface area (Å²) in [5.41, 5.74) is 1.70. The number of carbonyl (C=O) groups excluding carboxylic acids is 2. The largest absolute Gasteiger partial charge is 0.452 e. The molecule has 8 heteroatoms. The van der Waals surface area contributed by atoms with Gasteiger partial charge in [-0.2, -0.15) is 0 Å². The van der Waals surface area contributed by atoms with E-state index in [9.17, 15) is 18.0 Å². The number of sulfonamides is 1. The summed E-state index contributed by atoms with van der Waals surface area (Å²) in [5.74, 6) is -0.898. The topological polar surface area (TPSA) is 92.8 Å². The van der Waals surface area contributed by atoms with Gasteiger partial charge in [0.1, 0.15) is 0 Å². The Balaban J connectivity index is 1.72. The molecule has 1 N–H and O–H groups in total. The Kier molecular flexibility index (Phi) is 6.45. The summed E-state index contributed by atoms with van der Waals surface area (Å²) in [7, 11) is -3.82.